The Morgan fingerprint density at radius 1 is 1.00 bits per heavy atom. The van der Waals surface area contributed by atoms with Gasteiger partial charge in [0, 0.05) is 11.7 Å². The van der Waals surface area contributed by atoms with Crippen LogP contribution in [0.15, 0.2) is 36.4 Å². The van der Waals surface area contributed by atoms with Crippen LogP contribution >= 0.6 is 11.5 Å². The van der Waals surface area contributed by atoms with Crippen LogP contribution in [0, 0.1) is 13.8 Å². The molecule has 1 aliphatic rings. The molecule has 10 nitrogen and oxygen atoms in total. The number of methoxy groups -OCH3 is 2. The number of rotatable bonds is 9. The van der Waals surface area contributed by atoms with Crippen LogP contribution in [-0.4, -0.2) is 42.4 Å². The average molecular weight is 566 g/mol. The Labute approximate surface area is 237 Å². The topological polar surface area (TPSA) is 150 Å². The number of nitrogens with zero attached hydrogens (tertiary/aromatic N) is 2. The Morgan fingerprint density at radius 2 is 1.65 bits per heavy atom. The lowest BCUT2D eigenvalue weighted by atomic mass is 9.94. The first-order valence-corrected chi connectivity index (χ1v) is 13.9. The molecule has 0 spiro atoms. The molecule has 212 valence electrons. The molecule has 1 heterocycles. The van der Waals surface area contributed by atoms with E-state index in [0.717, 1.165) is 54.8 Å². The minimum absolute atomic E-state index is 0.00460. The lowest BCUT2D eigenvalue weighted by molar-refractivity contribution is -0.123. The van der Waals surface area contributed by atoms with Crippen molar-refractivity contribution in [3.05, 3.63) is 63.7 Å². The number of anilines is 2. The highest BCUT2D eigenvalue weighted by atomic mass is 32.1. The fourth-order valence-corrected chi connectivity index (χ4v) is 5.92. The van der Waals surface area contributed by atoms with Crippen LogP contribution in [0.3, 0.4) is 0 Å². The van der Waals surface area contributed by atoms with E-state index in [1.807, 2.05) is 32.0 Å². The van der Waals surface area contributed by atoms with Crippen LogP contribution in [0.5, 0.6) is 11.5 Å². The van der Waals surface area contributed by atoms with Gasteiger partial charge < -0.3 is 26.3 Å². The minimum atomic E-state index is -1.10. The Balaban J connectivity index is 1.91. The number of aryl methyl sites for hydroxylation is 2. The predicted molar refractivity (Wildman–Crippen MR) is 155 cm³/mol. The van der Waals surface area contributed by atoms with Crippen molar-refractivity contribution in [1.82, 2.24) is 9.69 Å². The molecule has 3 amide bonds. The monoisotopic (exact) mass is 565 g/mol. The van der Waals surface area contributed by atoms with Gasteiger partial charge >= 0.3 is 0 Å². The molecule has 40 heavy (non-hydrogen) atoms. The van der Waals surface area contributed by atoms with Crippen molar-refractivity contribution in [2.75, 3.05) is 24.9 Å². The van der Waals surface area contributed by atoms with Gasteiger partial charge in [-0.05, 0) is 79.2 Å². The summed E-state index contributed by atoms with van der Waals surface area (Å²) in [6.45, 7) is 3.83. The summed E-state index contributed by atoms with van der Waals surface area (Å²) < 4.78 is 15.0. The fourth-order valence-electron chi connectivity index (χ4n) is 5.18. The molecule has 0 saturated heterocycles. The van der Waals surface area contributed by atoms with Gasteiger partial charge in [0.2, 0.25) is 5.91 Å². The molecule has 0 bridgehead atoms. The number of primary amides is 1. The van der Waals surface area contributed by atoms with E-state index in [9.17, 15) is 14.4 Å². The van der Waals surface area contributed by atoms with Crippen LogP contribution in [0.1, 0.15) is 75.0 Å². The summed E-state index contributed by atoms with van der Waals surface area (Å²) in [7, 11) is 3.04. The van der Waals surface area contributed by atoms with Gasteiger partial charge in [-0.3, -0.25) is 19.3 Å². The maximum absolute atomic E-state index is 14.3. The second-order valence-electron chi connectivity index (χ2n) is 10.0. The molecule has 3 aromatic rings. The van der Waals surface area contributed by atoms with Gasteiger partial charge in [-0.1, -0.05) is 31.4 Å². The van der Waals surface area contributed by atoms with Gasteiger partial charge in [-0.25, -0.2) is 0 Å². The molecule has 5 N–H and O–H groups in total. The maximum atomic E-state index is 14.3. The summed E-state index contributed by atoms with van der Waals surface area (Å²) in [5, 5.41) is 3.18. The van der Waals surface area contributed by atoms with E-state index in [4.69, 9.17) is 20.9 Å². The Morgan fingerprint density at radius 3 is 2.23 bits per heavy atom. The number of carbonyl (C=O) groups is 3. The second-order valence-corrected chi connectivity index (χ2v) is 10.8. The van der Waals surface area contributed by atoms with Crippen molar-refractivity contribution in [3.63, 3.8) is 0 Å². The number of nitrogens with one attached hydrogen (secondary N) is 1. The van der Waals surface area contributed by atoms with Crippen LogP contribution in [0.2, 0.25) is 0 Å². The zero-order valence-corrected chi connectivity index (χ0v) is 24.0. The molecular weight excluding hydrogens is 530 g/mol. The van der Waals surface area contributed by atoms with Crippen LogP contribution < -0.4 is 31.2 Å². The Hall–Kier alpha value is -4.12. The number of hydrogen-bond acceptors (Lipinski definition) is 8. The third-order valence-corrected chi connectivity index (χ3v) is 7.89. The third-order valence-electron chi connectivity index (χ3n) is 7.04. The van der Waals surface area contributed by atoms with E-state index in [1.165, 1.54) is 19.1 Å². The molecule has 1 aliphatic carbocycles. The standard InChI is InChI=1S/C29H35N5O5S/c1-16-12-17(2)14-20(13-16)34(29(37)26-23(30)24(27(31)35)33-40-26)25(28(36)32-19-8-6-5-7-9-19)18-10-11-21(38-3)22(15-18)39-4/h10-15,19,25H,5-9,30H2,1-4H3,(H2,31,35)(H,32,36). The molecular formula is C29H35N5O5S. The molecule has 2 aromatic carbocycles. The van der Waals surface area contributed by atoms with Gasteiger partial charge in [-0.2, -0.15) is 4.37 Å². The highest BCUT2D eigenvalue weighted by molar-refractivity contribution is 7.09. The summed E-state index contributed by atoms with van der Waals surface area (Å²) in [6, 6.07) is 9.66. The van der Waals surface area contributed by atoms with Gasteiger partial charge in [0.1, 0.15) is 10.9 Å². The smallest absolute Gasteiger partial charge is 0.273 e. The quantitative estimate of drug-likeness (QED) is 0.350. The van der Waals surface area contributed by atoms with Crippen molar-refractivity contribution < 1.29 is 23.9 Å². The lowest BCUT2D eigenvalue weighted by Gasteiger charge is -2.34. The van der Waals surface area contributed by atoms with Crippen LogP contribution in [-0.2, 0) is 4.79 Å². The molecule has 1 aromatic heterocycles. The van der Waals surface area contributed by atoms with Crippen molar-refractivity contribution in [2.45, 2.75) is 58.0 Å². The number of nitrogen functional groups attached to an aromatic ring is 1. The Bertz CT molecular complexity index is 1400. The first kappa shape index (κ1) is 28.9. The van der Waals surface area contributed by atoms with Gasteiger partial charge in [-0.15, -0.1) is 0 Å². The summed E-state index contributed by atoms with van der Waals surface area (Å²) in [5.41, 5.74) is 14.1. The lowest BCUT2D eigenvalue weighted by Crippen LogP contribution is -2.47. The van der Waals surface area contributed by atoms with E-state index in [0.29, 0.717) is 22.7 Å². The van der Waals surface area contributed by atoms with Gasteiger partial charge in [0.15, 0.2) is 17.2 Å². The molecule has 0 aliphatic heterocycles. The summed E-state index contributed by atoms with van der Waals surface area (Å²) in [4.78, 5) is 41.8. The number of aromatic nitrogens is 1. The van der Waals surface area contributed by atoms with Gasteiger partial charge in [0.05, 0.1) is 19.9 Å². The van der Waals surface area contributed by atoms with Gasteiger partial charge in [0.25, 0.3) is 11.8 Å². The van der Waals surface area contributed by atoms with Crippen LogP contribution in [0.25, 0.3) is 0 Å². The Kier molecular flexibility index (Phi) is 8.93. The highest BCUT2D eigenvalue weighted by Crippen LogP contribution is 2.37. The molecule has 1 fully saturated rings. The number of amides is 3. The third kappa shape index (κ3) is 6.04. The first-order valence-electron chi connectivity index (χ1n) is 13.1. The first-order chi connectivity index (χ1) is 19.1. The number of hydrogen-bond donors (Lipinski definition) is 3. The molecule has 0 radical (unpaired) electrons. The second kappa shape index (κ2) is 12.4. The average Bonchev–Trinajstić information content (AvgIpc) is 3.32. The maximum Gasteiger partial charge on any atom is 0.273 e. The van der Waals surface area contributed by atoms with E-state index in [-0.39, 0.29) is 28.2 Å². The summed E-state index contributed by atoms with van der Waals surface area (Å²) in [6.07, 6.45) is 4.92. The normalized spacial score (nSPS) is 14.3. The number of ether oxygens (including phenoxy) is 2. The number of benzene rings is 2. The van der Waals surface area contributed by atoms with E-state index >= 15 is 0 Å². The number of nitrogens with two attached hydrogens (primary N) is 2. The molecule has 11 heteroatoms. The highest BCUT2D eigenvalue weighted by Gasteiger charge is 2.37. The van der Waals surface area contributed by atoms with Crippen molar-refractivity contribution in [1.29, 1.82) is 0 Å². The van der Waals surface area contributed by atoms with E-state index < -0.39 is 17.9 Å². The van der Waals surface area contributed by atoms with Crippen molar-refractivity contribution >= 4 is 40.6 Å². The number of carbonyl (C=O) groups excluding carboxylic acids is 3. The largest absolute Gasteiger partial charge is 0.493 e. The molecule has 4 rings (SSSR count). The SMILES string of the molecule is COc1ccc(C(C(=O)NC2CCCCC2)N(C(=O)c2snc(C(N)=O)c2N)c2cc(C)cc(C)c2)cc1OC. The summed E-state index contributed by atoms with van der Waals surface area (Å²) >= 11 is 0.774. The van der Waals surface area contributed by atoms with E-state index in [2.05, 4.69) is 9.69 Å². The zero-order chi connectivity index (χ0) is 29.0. The van der Waals surface area contributed by atoms with Crippen molar-refractivity contribution in [3.8, 4) is 11.5 Å². The summed E-state index contributed by atoms with van der Waals surface area (Å²) in [5.74, 6) is -0.857. The minimum Gasteiger partial charge on any atom is -0.493 e. The fraction of sp³-hybridized carbons (Fsp3) is 0.379. The molecule has 1 unspecified atom stereocenters. The van der Waals surface area contributed by atoms with Crippen LogP contribution in [0.4, 0.5) is 11.4 Å². The molecule has 1 atom stereocenters. The van der Waals surface area contributed by atoms with Crippen molar-refractivity contribution in [2.24, 2.45) is 5.73 Å². The predicted octanol–water partition coefficient (Wildman–Crippen LogP) is 4.30. The molecule has 1 saturated carbocycles. The van der Waals surface area contributed by atoms with E-state index in [1.54, 1.807) is 18.2 Å². The zero-order valence-electron chi connectivity index (χ0n) is 23.2.